The predicted molar refractivity (Wildman–Crippen MR) is 115 cm³/mol. The second-order valence-corrected chi connectivity index (χ2v) is 8.76. The van der Waals surface area contributed by atoms with Crippen molar-refractivity contribution >= 4 is 23.2 Å². The SMILES string of the molecule is CCCC(=O)N(CC(=O)N1CCc2sccc2[C@@H]1c1ccccc1C)C(C)C. The van der Waals surface area contributed by atoms with E-state index in [1.54, 1.807) is 16.2 Å². The summed E-state index contributed by atoms with van der Waals surface area (Å²) < 4.78 is 0. The first-order valence-corrected chi connectivity index (χ1v) is 11.0. The van der Waals surface area contributed by atoms with Gasteiger partial charge in [-0.3, -0.25) is 9.59 Å². The van der Waals surface area contributed by atoms with E-state index >= 15 is 0 Å². The van der Waals surface area contributed by atoms with Crippen LogP contribution < -0.4 is 0 Å². The summed E-state index contributed by atoms with van der Waals surface area (Å²) in [5.74, 6) is 0.0924. The van der Waals surface area contributed by atoms with Gasteiger partial charge in [0.1, 0.15) is 6.54 Å². The molecular weight excluding hydrogens is 368 g/mol. The summed E-state index contributed by atoms with van der Waals surface area (Å²) in [5, 5.41) is 2.12. The molecule has 0 radical (unpaired) electrons. The summed E-state index contributed by atoms with van der Waals surface area (Å²) in [6.07, 6.45) is 2.16. The molecule has 0 fully saturated rings. The fraction of sp³-hybridized carbons (Fsp3) is 0.478. The van der Waals surface area contributed by atoms with Crippen molar-refractivity contribution in [1.29, 1.82) is 0 Å². The Morgan fingerprint density at radius 2 is 1.96 bits per heavy atom. The Labute approximate surface area is 172 Å². The van der Waals surface area contributed by atoms with E-state index in [0.29, 0.717) is 13.0 Å². The molecule has 28 heavy (non-hydrogen) atoms. The lowest BCUT2D eigenvalue weighted by molar-refractivity contribution is -0.143. The number of thiophene rings is 1. The van der Waals surface area contributed by atoms with Gasteiger partial charge in [-0.2, -0.15) is 0 Å². The van der Waals surface area contributed by atoms with Crippen LogP contribution in [0.3, 0.4) is 0 Å². The van der Waals surface area contributed by atoms with Crippen molar-refractivity contribution in [3.05, 3.63) is 57.3 Å². The van der Waals surface area contributed by atoms with Crippen LogP contribution in [0.25, 0.3) is 0 Å². The maximum Gasteiger partial charge on any atom is 0.243 e. The molecule has 2 aromatic rings. The average molecular weight is 399 g/mol. The van der Waals surface area contributed by atoms with Crippen molar-refractivity contribution in [2.45, 2.75) is 59.0 Å². The lowest BCUT2D eigenvalue weighted by Gasteiger charge is -2.38. The molecule has 2 amide bonds. The minimum atomic E-state index is -0.0704. The molecule has 0 N–H and O–H groups in total. The van der Waals surface area contributed by atoms with E-state index < -0.39 is 0 Å². The predicted octanol–water partition coefficient (Wildman–Crippen LogP) is 4.57. The molecule has 1 aliphatic heterocycles. The molecule has 1 aromatic heterocycles. The fourth-order valence-corrected chi connectivity index (χ4v) is 4.87. The van der Waals surface area contributed by atoms with E-state index in [2.05, 4.69) is 30.5 Å². The highest BCUT2D eigenvalue weighted by atomic mass is 32.1. The van der Waals surface area contributed by atoms with Gasteiger partial charge in [0.25, 0.3) is 0 Å². The van der Waals surface area contributed by atoms with Crippen molar-refractivity contribution in [3.63, 3.8) is 0 Å². The minimum absolute atomic E-state index is 0.0152. The van der Waals surface area contributed by atoms with Crippen LogP contribution in [0.1, 0.15) is 61.2 Å². The third-order valence-corrected chi connectivity index (χ3v) is 6.48. The van der Waals surface area contributed by atoms with E-state index in [9.17, 15) is 9.59 Å². The number of amides is 2. The van der Waals surface area contributed by atoms with Crippen molar-refractivity contribution in [1.82, 2.24) is 9.80 Å². The number of fused-ring (bicyclic) bond motifs is 1. The molecular formula is C23H30N2O2S. The normalized spacial score (nSPS) is 16.2. The van der Waals surface area contributed by atoms with E-state index in [1.165, 1.54) is 21.6 Å². The van der Waals surface area contributed by atoms with Crippen LogP contribution in [0.5, 0.6) is 0 Å². The highest BCUT2D eigenvalue weighted by molar-refractivity contribution is 7.10. The molecule has 150 valence electrons. The molecule has 0 spiro atoms. The number of benzene rings is 1. The van der Waals surface area contributed by atoms with Gasteiger partial charge in [0.15, 0.2) is 0 Å². The molecule has 0 bridgehead atoms. The van der Waals surface area contributed by atoms with Crippen LogP contribution in [0.15, 0.2) is 35.7 Å². The van der Waals surface area contributed by atoms with Gasteiger partial charge in [-0.1, -0.05) is 31.2 Å². The van der Waals surface area contributed by atoms with Gasteiger partial charge >= 0.3 is 0 Å². The van der Waals surface area contributed by atoms with Gasteiger partial charge in [-0.25, -0.2) is 0 Å². The number of hydrogen-bond donors (Lipinski definition) is 0. The summed E-state index contributed by atoms with van der Waals surface area (Å²) in [6, 6.07) is 10.4. The molecule has 0 aliphatic carbocycles. The first kappa shape index (κ1) is 20.6. The molecule has 2 heterocycles. The third-order valence-electron chi connectivity index (χ3n) is 5.48. The van der Waals surface area contributed by atoms with E-state index in [-0.39, 0.29) is 30.4 Å². The van der Waals surface area contributed by atoms with Gasteiger partial charge in [0, 0.05) is 23.9 Å². The lowest BCUT2D eigenvalue weighted by Crippen LogP contribution is -2.48. The Morgan fingerprint density at radius 3 is 2.64 bits per heavy atom. The molecule has 1 aliphatic rings. The van der Waals surface area contributed by atoms with Crippen LogP contribution in [0, 0.1) is 6.92 Å². The third kappa shape index (κ3) is 4.14. The highest BCUT2D eigenvalue weighted by Crippen LogP contribution is 2.39. The molecule has 0 unspecified atom stereocenters. The number of nitrogens with zero attached hydrogens (tertiary/aromatic N) is 2. The van der Waals surface area contributed by atoms with Crippen molar-refractivity contribution in [3.8, 4) is 0 Å². The summed E-state index contributed by atoms with van der Waals surface area (Å²) >= 11 is 1.77. The molecule has 1 atom stereocenters. The van der Waals surface area contributed by atoms with Gasteiger partial charge in [-0.15, -0.1) is 11.3 Å². The van der Waals surface area contributed by atoms with Crippen molar-refractivity contribution < 1.29 is 9.59 Å². The average Bonchev–Trinajstić information content (AvgIpc) is 3.14. The Hall–Kier alpha value is -2.14. The number of hydrogen-bond acceptors (Lipinski definition) is 3. The van der Waals surface area contributed by atoms with E-state index in [0.717, 1.165) is 12.8 Å². The topological polar surface area (TPSA) is 40.6 Å². The van der Waals surface area contributed by atoms with Crippen molar-refractivity contribution in [2.24, 2.45) is 0 Å². The molecule has 3 rings (SSSR count). The lowest BCUT2D eigenvalue weighted by atomic mass is 9.90. The summed E-state index contributed by atoms with van der Waals surface area (Å²) in [6.45, 7) is 8.90. The largest absolute Gasteiger partial charge is 0.331 e. The number of aryl methyl sites for hydroxylation is 1. The molecule has 1 aromatic carbocycles. The maximum atomic E-state index is 13.4. The number of carbonyl (C=O) groups excluding carboxylic acids is 2. The Kier molecular flexibility index (Phi) is 6.55. The van der Waals surface area contributed by atoms with Crippen LogP contribution >= 0.6 is 11.3 Å². The van der Waals surface area contributed by atoms with Gasteiger partial charge in [-0.05, 0) is 61.7 Å². The molecule has 5 heteroatoms. The molecule has 0 saturated heterocycles. The monoisotopic (exact) mass is 398 g/mol. The highest BCUT2D eigenvalue weighted by Gasteiger charge is 2.34. The molecule has 4 nitrogen and oxygen atoms in total. The summed E-state index contributed by atoms with van der Waals surface area (Å²) in [5.41, 5.74) is 3.59. The second kappa shape index (κ2) is 8.91. The summed E-state index contributed by atoms with van der Waals surface area (Å²) in [4.78, 5) is 31.0. The van der Waals surface area contributed by atoms with E-state index in [4.69, 9.17) is 0 Å². The smallest absolute Gasteiger partial charge is 0.243 e. The Balaban J connectivity index is 1.92. The fourth-order valence-electron chi connectivity index (χ4n) is 3.97. The maximum absolute atomic E-state index is 13.4. The minimum Gasteiger partial charge on any atom is -0.331 e. The first-order chi connectivity index (χ1) is 13.4. The number of rotatable bonds is 6. The zero-order valence-electron chi connectivity index (χ0n) is 17.3. The second-order valence-electron chi connectivity index (χ2n) is 7.76. The quantitative estimate of drug-likeness (QED) is 0.715. The zero-order valence-corrected chi connectivity index (χ0v) is 18.1. The zero-order chi connectivity index (χ0) is 20.3. The van der Waals surface area contributed by atoms with Crippen LogP contribution in [0.2, 0.25) is 0 Å². The summed E-state index contributed by atoms with van der Waals surface area (Å²) in [7, 11) is 0. The van der Waals surface area contributed by atoms with Crippen LogP contribution in [-0.2, 0) is 16.0 Å². The Bertz CT molecular complexity index is 843. The van der Waals surface area contributed by atoms with Gasteiger partial charge in [0.2, 0.25) is 11.8 Å². The van der Waals surface area contributed by atoms with E-state index in [1.807, 2.05) is 37.8 Å². The van der Waals surface area contributed by atoms with Gasteiger partial charge in [0.05, 0.1) is 6.04 Å². The van der Waals surface area contributed by atoms with Crippen LogP contribution in [-0.4, -0.2) is 40.7 Å². The van der Waals surface area contributed by atoms with Crippen LogP contribution in [0.4, 0.5) is 0 Å². The van der Waals surface area contributed by atoms with Gasteiger partial charge < -0.3 is 9.80 Å². The first-order valence-electron chi connectivity index (χ1n) is 10.1. The number of carbonyl (C=O) groups is 2. The van der Waals surface area contributed by atoms with Crippen molar-refractivity contribution in [2.75, 3.05) is 13.1 Å². The standard InChI is InChI=1S/C23H30N2O2S/c1-5-8-21(26)25(16(2)3)15-22(27)24-13-11-20-19(12-14-28-20)23(24)18-10-7-6-9-17(18)4/h6-7,9-10,12,14,16,23H,5,8,11,13,15H2,1-4H3/t23-/m0/s1. The molecule has 0 saturated carbocycles. The Morgan fingerprint density at radius 1 is 1.21 bits per heavy atom.